The van der Waals surface area contributed by atoms with Gasteiger partial charge < -0.3 is 10.2 Å². The predicted octanol–water partition coefficient (Wildman–Crippen LogP) is -0.0858. The number of nitrogens with zero attached hydrogens (tertiary/aromatic N) is 4. The fraction of sp³-hybridized carbons (Fsp3) is 0.583. The summed E-state index contributed by atoms with van der Waals surface area (Å²) < 4.78 is 1.49. The highest BCUT2D eigenvalue weighted by molar-refractivity contribution is 5.52. The molecule has 1 saturated heterocycles. The second-order valence-electron chi connectivity index (χ2n) is 4.84. The molecule has 0 bridgehead atoms. The van der Waals surface area contributed by atoms with E-state index < -0.39 is 0 Å². The number of anilines is 1. The van der Waals surface area contributed by atoms with Crippen LogP contribution in [0.1, 0.15) is 19.2 Å². The van der Waals surface area contributed by atoms with Gasteiger partial charge in [0, 0.05) is 31.7 Å². The van der Waals surface area contributed by atoms with Crippen molar-refractivity contribution < 1.29 is 0 Å². The molecule has 2 N–H and O–H groups in total. The quantitative estimate of drug-likeness (QED) is 0.791. The monoisotopic (exact) mass is 262 g/mol. The number of rotatable bonds is 2. The summed E-state index contributed by atoms with van der Waals surface area (Å²) in [7, 11) is 0. The average Bonchev–Trinajstić information content (AvgIpc) is 2.80. The lowest BCUT2D eigenvalue weighted by Gasteiger charge is -2.36. The Morgan fingerprint density at radius 1 is 1.53 bits per heavy atom. The zero-order valence-corrected chi connectivity index (χ0v) is 11.2. The first-order valence-electron chi connectivity index (χ1n) is 6.63. The first kappa shape index (κ1) is 12.2. The molecular weight excluding hydrogens is 244 g/mol. The van der Waals surface area contributed by atoms with Crippen LogP contribution in [-0.2, 0) is 0 Å². The minimum Gasteiger partial charge on any atom is -0.351 e. The van der Waals surface area contributed by atoms with Gasteiger partial charge in [0.15, 0.2) is 5.65 Å². The van der Waals surface area contributed by atoms with Crippen LogP contribution >= 0.6 is 0 Å². The number of hydrogen-bond donors (Lipinski definition) is 2. The Morgan fingerprint density at radius 3 is 3.16 bits per heavy atom. The summed E-state index contributed by atoms with van der Waals surface area (Å²) >= 11 is 0. The second-order valence-corrected chi connectivity index (χ2v) is 4.84. The zero-order chi connectivity index (χ0) is 13.4. The van der Waals surface area contributed by atoms with Crippen LogP contribution in [0.2, 0.25) is 0 Å². The van der Waals surface area contributed by atoms with E-state index >= 15 is 0 Å². The highest BCUT2D eigenvalue weighted by atomic mass is 16.1. The summed E-state index contributed by atoms with van der Waals surface area (Å²) in [6.07, 6.45) is 1.06. The standard InChI is InChI=1S/C12H18N6O/c1-3-9-7-13-4-5-17(9)10-6-11-15-16-12(19)18(11)8(2)14-10/h6,9,13H,3-5,7H2,1-2H3,(H,16,19). The van der Waals surface area contributed by atoms with Crippen LogP contribution in [0.5, 0.6) is 0 Å². The van der Waals surface area contributed by atoms with Crippen LogP contribution in [0.15, 0.2) is 10.9 Å². The molecule has 7 heteroatoms. The van der Waals surface area contributed by atoms with E-state index in [4.69, 9.17) is 0 Å². The predicted molar refractivity (Wildman–Crippen MR) is 72.6 cm³/mol. The Bertz CT molecular complexity index is 645. The lowest BCUT2D eigenvalue weighted by atomic mass is 10.1. The number of hydrogen-bond acceptors (Lipinski definition) is 5. The van der Waals surface area contributed by atoms with Gasteiger partial charge in [0.25, 0.3) is 0 Å². The van der Waals surface area contributed by atoms with Crippen molar-refractivity contribution in [1.82, 2.24) is 24.9 Å². The molecule has 1 aliphatic heterocycles. The number of H-pyrrole nitrogens is 1. The summed E-state index contributed by atoms with van der Waals surface area (Å²) in [6.45, 7) is 6.85. The molecule has 1 atom stereocenters. The molecule has 102 valence electrons. The number of aromatic nitrogens is 4. The topological polar surface area (TPSA) is 78.3 Å². The van der Waals surface area contributed by atoms with Gasteiger partial charge in [-0.15, -0.1) is 0 Å². The molecule has 19 heavy (non-hydrogen) atoms. The molecule has 2 aromatic heterocycles. The summed E-state index contributed by atoms with van der Waals surface area (Å²) in [5, 5.41) is 9.88. The summed E-state index contributed by atoms with van der Waals surface area (Å²) in [4.78, 5) is 18.4. The van der Waals surface area contributed by atoms with Gasteiger partial charge in [0.1, 0.15) is 11.6 Å². The zero-order valence-electron chi connectivity index (χ0n) is 11.2. The molecule has 3 rings (SSSR count). The van der Waals surface area contributed by atoms with Crippen LogP contribution in [0.25, 0.3) is 5.65 Å². The van der Waals surface area contributed by atoms with Gasteiger partial charge in [-0.25, -0.2) is 19.3 Å². The van der Waals surface area contributed by atoms with Gasteiger partial charge in [-0.2, -0.15) is 5.10 Å². The third-order valence-corrected chi connectivity index (χ3v) is 3.67. The van der Waals surface area contributed by atoms with Crippen LogP contribution in [-0.4, -0.2) is 45.3 Å². The van der Waals surface area contributed by atoms with Crippen LogP contribution in [0.4, 0.5) is 5.82 Å². The lowest BCUT2D eigenvalue weighted by molar-refractivity contribution is 0.462. The third kappa shape index (κ3) is 1.99. The first-order chi connectivity index (χ1) is 9.20. The van der Waals surface area contributed by atoms with Gasteiger partial charge >= 0.3 is 5.69 Å². The minimum absolute atomic E-state index is 0.237. The van der Waals surface area contributed by atoms with E-state index in [1.165, 1.54) is 4.40 Å². The highest BCUT2D eigenvalue weighted by Gasteiger charge is 2.22. The molecule has 0 radical (unpaired) electrons. The summed E-state index contributed by atoms with van der Waals surface area (Å²) in [5.74, 6) is 1.57. The van der Waals surface area contributed by atoms with Crippen molar-refractivity contribution in [2.45, 2.75) is 26.3 Å². The van der Waals surface area contributed by atoms with Crippen LogP contribution < -0.4 is 15.9 Å². The maximum absolute atomic E-state index is 11.6. The Labute approximate surface area is 110 Å². The molecule has 1 fully saturated rings. The number of fused-ring (bicyclic) bond motifs is 1. The highest BCUT2D eigenvalue weighted by Crippen LogP contribution is 2.19. The van der Waals surface area contributed by atoms with Crippen molar-refractivity contribution in [3.8, 4) is 0 Å². The van der Waals surface area contributed by atoms with Crippen molar-refractivity contribution in [1.29, 1.82) is 0 Å². The third-order valence-electron chi connectivity index (χ3n) is 3.67. The van der Waals surface area contributed by atoms with E-state index in [2.05, 4.69) is 32.3 Å². The normalized spacial score (nSPS) is 20.1. The van der Waals surface area contributed by atoms with Gasteiger partial charge in [-0.1, -0.05) is 6.92 Å². The smallest absolute Gasteiger partial charge is 0.349 e. The molecule has 2 aromatic rings. The summed E-state index contributed by atoms with van der Waals surface area (Å²) in [5.41, 5.74) is 0.389. The maximum Gasteiger partial charge on any atom is 0.349 e. The SMILES string of the molecule is CCC1CNCCN1c1cc2n[nH]c(=O)n2c(C)n1. The van der Waals surface area contributed by atoms with Crippen LogP contribution in [0, 0.1) is 6.92 Å². The van der Waals surface area contributed by atoms with E-state index in [1.807, 2.05) is 13.0 Å². The lowest BCUT2D eigenvalue weighted by Crippen LogP contribution is -2.51. The molecule has 0 amide bonds. The molecule has 0 aliphatic carbocycles. The van der Waals surface area contributed by atoms with E-state index in [0.717, 1.165) is 31.9 Å². The molecule has 1 aliphatic rings. The van der Waals surface area contributed by atoms with Gasteiger partial charge in [0.2, 0.25) is 0 Å². The van der Waals surface area contributed by atoms with E-state index in [-0.39, 0.29) is 5.69 Å². The largest absolute Gasteiger partial charge is 0.351 e. The summed E-state index contributed by atoms with van der Waals surface area (Å²) in [6, 6.07) is 2.31. The van der Waals surface area contributed by atoms with Crippen molar-refractivity contribution in [3.05, 3.63) is 22.4 Å². The second kappa shape index (κ2) is 4.65. The van der Waals surface area contributed by atoms with Gasteiger partial charge in [0.05, 0.1) is 0 Å². The molecule has 0 saturated carbocycles. The fourth-order valence-corrected chi connectivity index (χ4v) is 2.66. The molecular formula is C12H18N6O. The number of aromatic amines is 1. The Morgan fingerprint density at radius 2 is 2.37 bits per heavy atom. The molecule has 1 unspecified atom stereocenters. The molecule has 3 heterocycles. The van der Waals surface area contributed by atoms with Gasteiger partial charge in [-0.3, -0.25) is 0 Å². The molecule has 0 spiro atoms. The Balaban J connectivity index is 2.07. The van der Waals surface area contributed by atoms with Crippen LogP contribution in [0.3, 0.4) is 0 Å². The Hall–Kier alpha value is -1.89. The van der Waals surface area contributed by atoms with Gasteiger partial charge in [-0.05, 0) is 13.3 Å². The van der Waals surface area contributed by atoms with Crippen molar-refractivity contribution in [2.24, 2.45) is 0 Å². The molecule has 0 aromatic carbocycles. The average molecular weight is 262 g/mol. The van der Waals surface area contributed by atoms with E-state index in [1.54, 1.807) is 0 Å². The Kier molecular flexibility index (Phi) is 2.98. The maximum atomic E-state index is 11.6. The molecule has 7 nitrogen and oxygen atoms in total. The van der Waals surface area contributed by atoms with Crippen molar-refractivity contribution in [3.63, 3.8) is 0 Å². The number of aryl methyl sites for hydroxylation is 1. The number of nitrogens with one attached hydrogen (secondary N) is 2. The van der Waals surface area contributed by atoms with Crippen molar-refractivity contribution in [2.75, 3.05) is 24.5 Å². The minimum atomic E-state index is -0.237. The fourth-order valence-electron chi connectivity index (χ4n) is 2.66. The van der Waals surface area contributed by atoms with E-state index in [0.29, 0.717) is 17.5 Å². The first-order valence-corrected chi connectivity index (χ1v) is 6.63. The van der Waals surface area contributed by atoms with Crippen molar-refractivity contribution >= 4 is 11.5 Å². The number of piperazine rings is 1. The van der Waals surface area contributed by atoms with E-state index in [9.17, 15) is 4.79 Å².